The summed E-state index contributed by atoms with van der Waals surface area (Å²) in [5, 5.41) is 3.31. The average molecular weight is 310 g/mol. The first kappa shape index (κ1) is 15.6. The summed E-state index contributed by atoms with van der Waals surface area (Å²) in [6, 6.07) is 16.0. The van der Waals surface area contributed by atoms with E-state index >= 15 is 0 Å². The lowest BCUT2D eigenvalue weighted by Gasteiger charge is -2.21. The van der Waals surface area contributed by atoms with Gasteiger partial charge in [-0.15, -0.1) is 0 Å². The Kier molecular flexibility index (Phi) is 4.63. The fraction of sp³-hybridized carbons (Fsp3) is 0.316. The molecular weight excluding hydrogens is 288 g/mol. The van der Waals surface area contributed by atoms with Crippen LogP contribution in [0.4, 0.5) is 5.69 Å². The smallest absolute Gasteiger partial charge is 0.240 e. The fourth-order valence-electron chi connectivity index (χ4n) is 3.07. The zero-order chi connectivity index (χ0) is 16.2. The van der Waals surface area contributed by atoms with Gasteiger partial charge in [-0.05, 0) is 31.0 Å². The third-order valence-electron chi connectivity index (χ3n) is 4.35. The van der Waals surface area contributed by atoms with E-state index in [1.165, 1.54) is 5.56 Å². The number of para-hydroxylation sites is 2. The maximum absolute atomic E-state index is 12.5. The van der Waals surface area contributed by atoms with E-state index in [9.17, 15) is 4.79 Å². The minimum Gasteiger partial charge on any atom is -0.496 e. The molecule has 1 aliphatic heterocycles. The normalized spacial score (nSPS) is 14.4. The summed E-state index contributed by atoms with van der Waals surface area (Å²) in [7, 11) is 1.66. The summed E-state index contributed by atoms with van der Waals surface area (Å²) in [5.74, 6) is 0.947. The maximum atomic E-state index is 12.5. The molecule has 0 spiro atoms. The second-order valence-electron chi connectivity index (χ2n) is 5.77. The largest absolute Gasteiger partial charge is 0.496 e. The number of carbonyl (C=O) groups excluding carboxylic acids is 1. The minimum absolute atomic E-state index is 0.0490. The number of rotatable bonds is 5. The lowest BCUT2D eigenvalue weighted by molar-refractivity contribution is -0.117. The highest BCUT2D eigenvalue weighted by Crippen LogP contribution is 2.28. The van der Waals surface area contributed by atoms with Crippen LogP contribution in [0, 0.1) is 0 Å². The zero-order valence-electron chi connectivity index (χ0n) is 13.6. The molecular formula is C19H22N2O2. The van der Waals surface area contributed by atoms with E-state index in [0.29, 0.717) is 6.54 Å². The molecule has 0 aromatic heterocycles. The lowest BCUT2D eigenvalue weighted by Crippen LogP contribution is -2.38. The van der Waals surface area contributed by atoms with E-state index in [-0.39, 0.29) is 11.9 Å². The van der Waals surface area contributed by atoms with Gasteiger partial charge in [0.05, 0.1) is 13.7 Å². The van der Waals surface area contributed by atoms with E-state index in [0.717, 1.165) is 30.0 Å². The first-order chi connectivity index (χ1) is 11.2. The van der Waals surface area contributed by atoms with Gasteiger partial charge in [0, 0.05) is 23.8 Å². The molecule has 0 aliphatic carbocycles. The summed E-state index contributed by atoms with van der Waals surface area (Å²) >= 11 is 0. The van der Waals surface area contributed by atoms with Crippen molar-refractivity contribution in [3.63, 3.8) is 0 Å². The number of nitrogens with one attached hydrogen (secondary N) is 1. The Balaban J connectivity index is 1.64. The van der Waals surface area contributed by atoms with E-state index in [4.69, 9.17) is 4.74 Å². The first-order valence-electron chi connectivity index (χ1n) is 7.95. The quantitative estimate of drug-likeness (QED) is 0.923. The van der Waals surface area contributed by atoms with Gasteiger partial charge in [0.1, 0.15) is 5.75 Å². The molecule has 2 aromatic carbocycles. The topological polar surface area (TPSA) is 41.6 Å². The third-order valence-corrected chi connectivity index (χ3v) is 4.35. The van der Waals surface area contributed by atoms with Crippen molar-refractivity contribution < 1.29 is 9.53 Å². The molecule has 120 valence electrons. The van der Waals surface area contributed by atoms with Crippen LogP contribution >= 0.6 is 0 Å². The van der Waals surface area contributed by atoms with Crippen molar-refractivity contribution in [3.8, 4) is 5.75 Å². The van der Waals surface area contributed by atoms with E-state index < -0.39 is 0 Å². The summed E-state index contributed by atoms with van der Waals surface area (Å²) in [5.41, 5.74) is 3.35. The second-order valence-corrected chi connectivity index (χ2v) is 5.77. The molecule has 0 radical (unpaired) electrons. The van der Waals surface area contributed by atoms with Gasteiger partial charge in [-0.2, -0.15) is 0 Å². The fourth-order valence-corrected chi connectivity index (χ4v) is 3.07. The van der Waals surface area contributed by atoms with Crippen LogP contribution in [0.5, 0.6) is 5.75 Å². The van der Waals surface area contributed by atoms with Gasteiger partial charge in [0.2, 0.25) is 5.91 Å². The van der Waals surface area contributed by atoms with Crippen LogP contribution in [0.2, 0.25) is 0 Å². The van der Waals surface area contributed by atoms with Crippen LogP contribution in [-0.2, 0) is 11.2 Å². The van der Waals surface area contributed by atoms with E-state index in [2.05, 4.69) is 11.4 Å². The summed E-state index contributed by atoms with van der Waals surface area (Å²) in [6.07, 6.45) is 0.934. The molecule has 0 saturated heterocycles. The van der Waals surface area contributed by atoms with Gasteiger partial charge in [-0.25, -0.2) is 0 Å². The molecule has 0 unspecified atom stereocenters. The third kappa shape index (κ3) is 3.22. The molecule has 1 aliphatic rings. The number of fused-ring (bicyclic) bond motifs is 1. The van der Waals surface area contributed by atoms with Gasteiger partial charge in [0.25, 0.3) is 0 Å². The van der Waals surface area contributed by atoms with Crippen molar-refractivity contribution in [2.24, 2.45) is 0 Å². The van der Waals surface area contributed by atoms with Crippen molar-refractivity contribution in [2.45, 2.75) is 19.4 Å². The Morgan fingerprint density at radius 2 is 1.96 bits per heavy atom. The molecule has 0 saturated carbocycles. The highest BCUT2D eigenvalue weighted by Gasteiger charge is 2.24. The molecule has 4 heteroatoms. The zero-order valence-corrected chi connectivity index (χ0v) is 13.6. The Morgan fingerprint density at radius 3 is 2.78 bits per heavy atom. The lowest BCUT2D eigenvalue weighted by atomic mass is 10.1. The Hall–Kier alpha value is -2.33. The molecule has 1 amide bonds. The molecule has 1 atom stereocenters. The van der Waals surface area contributed by atoms with Gasteiger partial charge in [-0.1, -0.05) is 36.4 Å². The van der Waals surface area contributed by atoms with Gasteiger partial charge < -0.3 is 15.0 Å². The number of nitrogens with zero attached hydrogens (tertiary/aromatic N) is 1. The number of carbonyl (C=O) groups is 1. The van der Waals surface area contributed by atoms with Crippen LogP contribution in [0.3, 0.4) is 0 Å². The van der Waals surface area contributed by atoms with Crippen molar-refractivity contribution in [3.05, 3.63) is 59.7 Å². The number of hydrogen-bond acceptors (Lipinski definition) is 3. The molecule has 2 aromatic rings. The maximum Gasteiger partial charge on any atom is 0.240 e. The average Bonchev–Trinajstić information content (AvgIpc) is 3.03. The van der Waals surface area contributed by atoms with Crippen molar-refractivity contribution >= 4 is 11.6 Å². The number of ether oxygens (including phenoxy) is 1. The number of amides is 1. The number of methoxy groups -OCH3 is 1. The molecule has 3 rings (SSSR count). The predicted octanol–water partition coefficient (Wildman–Crippen LogP) is 2.94. The standard InChI is InChI=1S/C19H22N2O2/c1-14(16-8-4-6-10-18(16)23-2)20-13-19(22)21-12-11-15-7-3-5-9-17(15)21/h3-10,14,20H,11-13H2,1-2H3/t14-/m0/s1. The van der Waals surface area contributed by atoms with Gasteiger partial charge in [-0.3, -0.25) is 4.79 Å². The molecule has 23 heavy (non-hydrogen) atoms. The molecule has 1 N–H and O–H groups in total. The number of anilines is 1. The molecule has 0 bridgehead atoms. The van der Waals surface area contributed by atoms with Crippen molar-refractivity contribution in [2.75, 3.05) is 25.1 Å². The van der Waals surface area contributed by atoms with Crippen LogP contribution in [0.25, 0.3) is 0 Å². The van der Waals surface area contributed by atoms with Crippen LogP contribution in [0.1, 0.15) is 24.1 Å². The van der Waals surface area contributed by atoms with Crippen molar-refractivity contribution in [1.82, 2.24) is 5.32 Å². The number of hydrogen-bond donors (Lipinski definition) is 1. The Bertz CT molecular complexity index is 699. The second kappa shape index (κ2) is 6.84. The Labute approximate surface area is 137 Å². The summed E-state index contributed by atoms with van der Waals surface area (Å²) < 4.78 is 5.38. The van der Waals surface area contributed by atoms with Crippen LogP contribution in [0.15, 0.2) is 48.5 Å². The molecule has 4 nitrogen and oxygen atoms in total. The van der Waals surface area contributed by atoms with E-state index in [1.54, 1.807) is 7.11 Å². The first-order valence-corrected chi connectivity index (χ1v) is 7.95. The predicted molar refractivity (Wildman–Crippen MR) is 91.9 cm³/mol. The highest BCUT2D eigenvalue weighted by atomic mass is 16.5. The van der Waals surface area contributed by atoms with Gasteiger partial charge in [0.15, 0.2) is 0 Å². The monoisotopic (exact) mass is 310 g/mol. The summed E-state index contributed by atoms with van der Waals surface area (Å²) in [6.45, 7) is 3.12. The SMILES string of the molecule is COc1ccccc1[C@H](C)NCC(=O)N1CCc2ccccc21. The number of benzene rings is 2. The minimum atomic E-state index is 0.0490. The molecule has 1 heterocycles. The van der Waals surface area contributed by atoms with Crippen LogP contribution in [-0.4, -0.2) is 26.1 Å². The highest BCUT2D eigenvalue weighted by molar-refractivity contribution is 5.96. The van der Waals surface area contributed by atoms with Crippen molar-refractivity contribution in [1.29, 1.82) is 0 Å². The van der Waals surface area contributed by atoms with E-state index in [1.807, 2.05) is 54.3 Å². The summed E-state index contributed by atoms with van der Waals surface area (Å²) in [4.78, 5) is 14.4. The Morgan fingerprint density at radius 1 is 1.22 bits per heavy atom. The van der Waals surface area contributed by atoms with Crippen LogP contribution < -0.4 is 15.0 Å². The van der Waals surface area contributed by atoms with Gasteiger partial charge >= 0.3 is 0 Å². The molecule has 0 fully saturated rings.